The molecule has 1 amide bonds. The van der Waals surface area contributed by atoms with Crippen molar-refractivity contribution in [2.45, 2.75) is 6.04 Å². The number of morpholine rings is 1. The zero-order chi connectivity index (χ0) is 13.7. The minimum atomic E-state index is -0.403. The van der Waals surface area contributed by atoms with Crippen molar-refractivity contribution in [3.8, 4) is 0 Å². The van der Waals surface area contributed by atoms with Crippen LogP contribution in [0.1, 0.15) is 10.4 Å². The van der Waals surface area contributed by atoms with Gasteiger partial charge in [-0.2, -0.15) is 0 Å². The van der Waals surface area contributed by atoms with Crippen LogP contribution in [0.25, 0.3) is 0 Å². The molecule has 19 heavy (non-hydrogen) atoms. The number of carbonyl (C=O) groups excluding carboxylic acids is 2. The molecule has 1 aliphatic heterocycles. The Balaban J connectivity index is 1.95. The number of methoxy groups -OCH3 is 1. The summed E-state index contributed by atoms with van der Waals surface area (Å²) in [4.78, 5) is 23.2. The largest absolute Gasteiger partial charge is 0.465 e. The molecule has 1 aliphatic rings. The fourth-order valence-electron chi connectivity index (χ4n) is 1.77. The van der Waals surface area contributed by atoms with E-state index in [1.165, 1.54) is 7.11 Å². The predicted molar refractivity (Wildman–Crippen MR) is 69.0 cm³/mol. The summed E-state index contributed by atoms with van der Waals surface area (Å²) in [5.41, 5.74) is 1.07. The van der Waals surface area contributed by atoms with Crippen LogP contribution in [0, 0.1) is 0 Å². The number of rotatable bonds is 3. The summed E-state index contributed by atoms with van der Waals surface area (Å²) in [6.07, 6.45) is 0. The Morgan fingerprint density at radius 2 is 2.11 bits per heavy atom. The molecule has 1 aromatic rings. The van der Waals surface area contributed by atoms with Crippen molar-refractivity contribution >= 4 is 17.6 Å². The van der Waals surface area contributed by atoms with Crippen molar-refractivity contribution in [2.75, 3.05) is 32.2 Å². The standard InChI is InChI=1S/C13H16N2O4/c1-18-13(17)9-2-4-10(5-3-9)15-12(16)11-8-19-7-6-14-11/h2-5,11,14H,6-8H2,1H3,(H,15,16). The highest BCUT2D eigenvalue weighted by molar-refractivity contribution is 5.96. The van der Waals surface area contributed by atoms with Gasteiger partial charge in [0.2, 0.25) is 5.91 Å². The third kappa shape index (κ3) is 3.52. The van der Waals surface area contributed by atoms with Gasteiger partial charge in [-0.3, -0.25) is 4.79 Å². The van der Waals surface area contributed by atoms with Gasteiger partial charge in [0.25, 0.3) is 0 Å². The molecule has 2 rings (SSSR count). The van der Waals surface area contributed by atoms with E-state index >= 15 is 0 Å². The lowest BCUT2D eigenvalue weighted by molar-refractivity contribution is -0.120. The van der Waals surface area contributed by atoms with Crippen LogP contribution >= 0.6 is 0 Å². The topological polar surface area (TPSA) is 76.7 Å². The van der Waals surface area contributed by atoms with Gasteiger partial charge in [0.15, 0.2) is 0 Å². The number of esters is 1. The van der Waals surface area contributed by atoms with E-state index in [4.69, 9.17) is 4.74 Å². The average molecular weight is 264 g/mol. The summed E-state index contributed by atoms with van der Waals surface area (Å²) < 4.78 is 9.82. The molecule has 0 radical (unpaired) electrons. The number of hydrogen-bond acceptors (Lipinski definition) is 5. The van der Waals surface area contributed by atoms with Crippen LogP contribution in [0.3, 0.4) is 0 Å². The fraction of sp³-hybridized carbons (Fsp3) is 0.385. The van der Waals surface area contributed by atoms with Crippen molar-refractivity contribution in [2.24, 2.45) is 0 Å². The molecular weight excluding hydrogens is 248 g/mol. The molecule has 1 atom stereocenters. The number of benzene rings is 1. The molecule has 102 valence electrons. The number of nitrogens with one attached hydrogen (secondary N) is 2. The first kappa shape index (κ1) is 13.5. The Kier molecular flexibility index (Phi) is 4.48. The van der Waals surface area contributed by atoms with Gasteiger partial charge in [-0.05, 0) is 24.3 Å². The Morgan fingerprint density at radius 3 is 2.68 bits per heavy atom. The molecule has 0 bridgehead atoms. The predicted octanol–water partition coefficient (Wildman–Crippen LogP) is 0.400. The van der Waals surface area contributed by atoms with Crippen LogP contribution in [0.15, 0.2) is 24.3 Å². The number of amides is 1. The molecule has 1 saturated heterocycles. The van der Waals surface area contributed by atoms with E-state index in [-0.39, 0.29) is 11.9 Å². The third-order valence-electron chi connectivity index (χ3n) is 2.81. The summed E-state index contributed by atoms with van der Waals surface area (Å²) in [5, 5.41) is 5.83. The smallest absolute Gasteiger partial charge is 0.337 e. The Bertz CT molecular complexity index is 452. The molecule has 1 unspecified atom stereocenters. The second-order valence-electron chi connectivity index (χ2n) is 4.14. The van der Waals surface area contributed by atoms with Crippen LogP contribution in [-0.4, -0.2) is 44.8 Å². The minimum Gasteiger partial charge on any atom is -0.465 e. The minimum absolute atomic E-state index is 0.148. The summed E-state index contributed by atoms with van der Waals surface area (Å²) in [5.74, 6) is -0.550. The normalized spacial score (nSPS) is 18.7. The molecule has 0 aliphatic carbocycles. The summed E-state index contributed by atoms with van der Waals surface area (Å²) in [6.45, 7) is 1.66. The quantitative estimate of drug-likeness (QED) is 0.773. The Hall–Kier alpha value is -1.92. The third-order valence-corrected chi connectivity index (χ3v) is 2.81. The number of carbonyl (C=O) groups is 2. The van der Waals surface area contributed by atoms with Crippen LogP contribution in [0.2, 0.25) is 0 Å². The first-order valence-electron chi connectivity index (χ1n) is 6.01. The van der Waals surface area contributed by atoms with Gasteiger partial charge >= 0.3 is 5.97 Å². The lowest BCUT2D eigenvalue weighted by Gasteiger charge is -2.22. The van der Waals surface area contributed by atoms with Crippen molar-refractivity contribution in [1.29, 1.82) is 0 Å². The first-order valence-corrected chi connectivity index (χ1v) is 6.01. The van der Waals surface area contributed by atoms with Gasteiger partial charge in [-0.15, -0.1) is 0 Å². The maximum atomic E-state index is 11.9. The maximum Gasteiger partial charge on any atom is 0.337 e. The van der Waals surface area contributed by atoms with Crippen LogP contribution in [0.5, 0.6) is 0 Å². The van der Waals surface area contributed by atoms with E-state index in [0.717, 1.165) is 0 Å². The van der Waals surface area contributed by atoms with Crippen molar-refractivity contribution in [1.82, 2.24) is 5.32 Å². The SMILES string of the molecule is COC(=O)c1ccc(NC(=O)C2COCCN2)cc1. The second kappa shape index (κ2) is 6.31. The molecule has 1 heterocycles. The van der Waals surface area contributed by atoms with E-state index in [1.807, 2.05) is 0 Å². The summed E-state index contributed by atoms with van der Waals surface area (Å²) in [6, 6.07) is 6.19. The zero-order valence-electron chi connectivity index (χ0n) is 10.6. The molecule has 0 spiro atoms. The average Bonchev–Trinajstić information content (AvgIpc) is 2.48. The fourth-order valence-corrected chi connectivity index (χ4v) is 1.77. The first-order chi connectivity index (χ1) is 9.20. The van der Waals surface area contributed by atoms with Crippen molar-refractivity contribution in [3.05, 3.63) is 29.8 Å². The molecule has 6 nitrogen and oxygen atoms in total. The van der Waals surface area contributed by atoms with Crippen LogP contribution < -0.4 is 10.6 Å². The number of ether oxygens (including phenoxy) is 2. The van der Waals surface area contributed by atoms with Gasteiger partial charge in [-0.25, -0.2) is 4.79 Å². The van der Waals surface area contributed by atoms with Gasteiger partial charge in [0, 0.05) is 12.2 Å². The van der Waals surface area contributed by atoms with E-state index in [0.29, 0.717) is 31.0 Å². The van der Waals surface area contributed by atoms with Crippen LogP contribution in [0.4, 0.5) is 5.69 Å². The molecular formula is C13H16N2O4. The van der Waals surface area contributed by atoms with E-state index in [2.05, 4.69) is 15.4 Å². The molecule has 2 N–H and O–H groups in total. The Labute approximate surface area is 111 Å². The molecule has 1 aromatic carbocycles. The Morgan fingerprint density at radius 1 is 1.37 bits per heavy atom. The highest BCUT2D eigenvalue weighted by Gasteiger charge is 2.21. The molecule has 6 heteroatoms. The highest BCUT2D eigenvalue weighted by atomic mass is 16.5. The lowest BCUT2D eigenvalue weighted by atomic mass is 10.2. The van der Waals surface area contributed by atoms with Crippen molar-refractivity contribution < 1.29 is 19.1 Å². The zero-order valence-corrected chi connectivity index (χ0v) is 10.6. The van der Waals surface area contributed by atoms with E-state index < -0.39 is 5.97 Å². The maximum absolute atomic E-state index is 11.9. The molecule has 1 fully saturated rings. The van der Waals surface area contributed by atoms with Crippen LogP contribution in [-0.2, 0) is 14.3 Å². The number of hydrogen-bond donors (Lipinski definition) is 2. The van der Waals surface area contributed by atoms with Gasteiger partial charge in [0.05, 0.1) is 25.9 Å². The van der Waals surface area contributed by atoms with Gasteiger partial charge < -0.3 is 20.1 Å². The number of anilines is 1. The molecule has 0 saturated carbocycles. The lowest BCUT2D eigenvalue weighted by Crippen LogP contribution is -2.48. The van der Waals surface area contributed by atoms with Gasteiger partial charge in [-0.1, -0.05) is 0 Å². The summed E-state index contributed by atoms with van der Waals surface area (Å²) in [7, 11) is 1.33. The summed E-state index contributed by atoms with van der Waals surface area (Å²) >= 11 is 0. The van der Waals surface area contributed by atoms with Gasteiger partial charge in [0.1, 0.15) is 6.04 Å². The van der Waals surface area contributed by atoms with E-state index in [9.17, 15) is 9.59 Å². The van der Waals surface area contributed by atoms with Crippen molar-refractivity contribution in [3.63, 3.8) is 0 Å². The highest BCUT2D eigenvalue weighted by Crippen LogP contribution is 2.11. The van der Waals surface area contributed by atoms with E-state index in [1.54, 1.807) is 24.3 Å². The second-order valence-corrected chi connectivity index (χ2v) is 4.14. The monoisotopic (exact) mass is 264 g/mol. The molecule has 0 aromatic heterocycles.